The molecule has 0 heterocycles. The van der Waals surface area contributed by atoms with Crippen LogP contribution in [0, 0.1) is 5.82 Å². The molecule has 1 amide bonds. The molecule has 0 aliphatic rings. The van der Waals surface area contributed by atoms with Crippen LogP contribution in [0.2, 0.25) is 5.02 Å². The molecular weight excluding hydrogens is 412 g/mol. The number of nitrogens with one attached hydrogen (secondary N) is 1. The molecule has 2 aromatic rings. The monoisotopic (exact) mass is 419 g/mol. The van der Waals surface area contributed by atoms with Gasteiger partial charge in [0.15, 0.2) is 0 Å². The van der Waals surface area contributed by atoms with Crippen LogP contribution in [0.15, 0.2) is 45.3 Å². The van der Waals surface area contributed by atoms with Crippen molar-refractivity contribution in [3.05, 3.63) is 61.7 Å². The number of halogens is 4. The second-order valence-corrected chi connectivity index (χ2v) is 6.23. The van der Waals surface area contributed by atoms with E-state index in [0.717, 1.165) is 8.95 Å². The summed E-state index contributed by atoms with van der Waals surface area (Å²) in [6, 6.07) is 9.70. The highest BCUT2D eigenvalue weighted by atomic mass is 79.9. The lowest BCUT2D eigenvalue weighted by atomic mass is 10.1. The molecule has 104 valence electrons. The predicted molar refractivity (Wildman–Crippen MR) is 85.6 cm³/mol. The molecule has 20 heavy (non-hydrogen) atoms. The first-order valence-electron chi connectivity index (χ1n) is 5.65. The van der Waals surface area contributed by atoms with Crippen LogP contribution in [0.1, 0.15) is 5.56 Å². The molecule has 0 bridgehead atoms. The van der Waals surface area contributed by atoms with Gasteiger partial charge in [0.1, 0.15) is 5.82 Å². The van der Waals surface area contributed by atoms with Gasteiger partial charge in [-0.1, -0.05) is 33.6 Å². The van der Waals surface area contributed by atoms with Gasteiger partial charge in [0, 0.05) is 19.5 Å². The van der Waals surface area contributed by atoms with Gasteiger partial charge in [-0.05, 0) is 46.3 Å². The minimum atomic E-state index is -0.484. The van der Waals surface area contributed by atoms with E-state index in [4.69, 9.17) is 11.6 Å². The van der Waals surface area contributed by atoms with E-state index in [1.165, 1.54) is 12.1 Å². The summed E-state index contributed by atoms with van der Waals surface area (Å²) in [4.78, 5) is 12.0. The van der Waals surface area contributed by atoms with Crippen molar-refractivity contribution in [2.75, 3.05) is 5.32 Å². The Balaban J connectivity index is 2.13. The lowest BCUT2D eigenvalue weighted by Gasteiger charge is -2.09. The topological polar surface area (TPSA) is 29.1 Å². The molecule has 1 N–H and O–H groups in total. The molecule has 0 unspecified atom stereocenters. The Morgan fingerprint density at radius 3 is 2.65 bits per heavy atom. The van der Waals surface area contributed by atoms with Crippen molar-refractivity contribution in [2.24, 2.45) is 0 Å². The molecule has 2 aromatic carbocycles. The highest BCUT2D eigenvalue weighted by molar-refractivity contribution is 9.11. The zero-order valence-corrected chi connectivity index (χ0v) is 14.0. The zero-order chi connectivity index (χ0) is 14.7. The maximum Gasteiger partial charge on any atom is 0.228 e. The quantitative estimate of drug-likeness (QED) is 0.727. The van der Waals surface area contributed by atoms with Crippen molar-refractivity contribution in [3.8, 4) is 0 Å². The summed E-state index contributed by atoms with van der Waals surface area (Å²) in [5.74, 6) is -0.817. The van der Waals surface area contributed by atoms with E-state index in [1.807, 2.05) is 6.07 Å². The summed E-state index contributed by atoms with van der Waals surface area (Å²) >= 11 is 12.6. The third-order valence-corrected chi connectivity index (χ3v) is 4.11. The lowest BCUT2D eigenvalue weighted by Crippen LogP contribution is -2.15. The Labute approximate surface area is 137 Å². The van der Waals surface area contributed by atoms with Gasteiger partial charge in [-0.2, -0.15) is 0 Å². The molecule has 0 spiro atoms. The second-order valence-electron chi connectivity index (χ2n) is 4.05. The Morgan fingerprint density at radius 2 is 2.00 bits per heavy atom. The van der Waals surface area contributed by atoms with Crippen LogP contribution in [0.5, 0.6) is 0 Å². The van der Waals surface area contributed by atoms with Crippen LogP contribution >= 0.6 is 43.5 Å². The fourth-order valence-corrected chi connectivity index (χ4v) is 3.02. The van der Waals surface area contributed by atoms with Gasteiger partial charge < -0.3 is 5.32 Å². The van der Waals surface area contributed by atoms with Crippen molar-refractivity contribution in [1.29, 1.82) is 0 Å². The first-order valence-corrected chi connectivity index (χ1v) is 7.61. The normalized spacial score (nSPS) is 10.4. The second kappa shape index (κ2) is 6.70. The fraction of sp³-hybridized carbons (Fsp3) is 0.0714. The van der Waals surface area contributed by atoms with Crippen LogP contribution in [0.4, 0.5) is 10.1 Å². The molecule has 0 saturated carbocycles. The third-order valence-electron chi connectivity index (χ3n) is 2.60. The van der Waals surface area contributed by atoms with Gasteiger partial charge >= 0.3 is 0 Å². The van der Waals surface area contributed by atoms with Crippen molar-refractivity contribution < 1.29 is 9.18 Å². The summed E-state index contributed by atoms with van der Waals surface area (Å²) in [6.07, 6.45) is -0.117. The van der Waals surface area contributed by atoms with E-state index in [-0.39, 0.29) is 22.9 Å². The van der Waals surface area contributed by atoms with Gasteiger partial charge in [-0.25, -0.2) is 4.39 Å². The maximum absolute atomic E-state index is 13.6. The number of rotatable bonds is 3. The minimum absolute atomic E-state index is 0.117. The number of amides is 1. The van der Waals surface area contributed by atoms with Crippen LogP contribution in [0.3, 0.4) is 0 Å². The van der Waals surface area contributed by atoms with Gasteiger partial charge in [0.2, 0.25) is 5.91 Å². The van der Waals surface area contributed by atoms with Crippen molar-refractivity contribution in [2.45, 2.75) is 6.42 Å². The first-order chi connectivity index (χ1) is 9.47. The number of carbonyl (C=O) groups is 1. The lowest BCUT2D eigenvalue weighted by molar-refractivity contribution is -0.115. The molecule has 2 rings (SSSR count). The Hall–Kier alpha value is -0.910. The number of hydrogen-bond acceptors (Lipinski definition) is 1. The summed E-state index contributed by atoms with van der Waals surface area (Å²) < 4.78 is 15.2. The molecule has 0 aromatic heterocycles. The largest absolute Gasteiger partial charge is 0.325 e. The average Bonchev–Trinajstić information content (AvgIpc) is 2.37. The Morgan fingerprint density at radius 1 is 1.25 bits per heavy atom. The number of benzene rings is 2. The predicted octanol–water partition coefficient (Wildman–Crippen LogP) is 5.19. The highest BCUT2D eigenvalue weighted by Gasteiger charge is 2.13. The van der Waals surface area contributed by atoms with Gasteiger partial charge in [0.25, 0.3) is 0 Å². The number of hydrogen-bond donors (Lipinski definition) is 1. The molecule has 6 heteroatoms. The number of anilines is 1. The number of carbonyl (C=O) groups excluding carboxylic acids is 1. The smallest absolute Gasteiger partial charge is 0.228 e. The van der Waals surface area contributed by atoms with E-state index in [9.17, 15) is 9.18 Å². The average molecular weight is 421 g/mol. The van der Waals surface area contributed by atoms with Crippen molar-refractivity contribution >= 4 is 55.1 Å². The van der Waals surface area contributed by atoms with Gasteiger partial charge in [0.05, 0.1) is 12.1 Å². The molecule has 0 saturated heterocycles. The molecule has 2 nitrogen and oxygen atoms in total. The van der Waals surface area contributed by atoms with Gasteiger partial charge in [-0.3, -0.25) is 4.79 Å². The van der Waals surface area contributed by atoms with E-state index in [1.54, 1.807) is 18.2 Å². The van der Waals surface area contributed by atoms with E-state index >= 15 is 0 Å². The Kier molecular flexibility index (Phi) is 5.18. The third kappa shape index (κ3) is 3.81. The summed E-state index contributed by atoms with van der Waals surface area (Å²) in [7, 11) is 0. The first kappa shape index (κ1) is 15.5. The van der Waals surface area contributed by atoms with E-state index < -0.39 is 5.82 Å². The molecule has 0 aliphatic carbocycles. The molecule has 0 atom stereocenters. The molecule has 0 radical (unpaired) electrons. The van der Waals surface area contributed by atoms with E-state index in [2.05, 4.69) is 37.2 Å². The summed E-state index contributed by atoms with van der Waals surface area (Å²) in [5, 5.41) is 2.95. The highest BCUT2D eigenvalue weighted by Crippen LogP contribution is 2.27. The fourth-order valence-electron chi connectivity index (χ4n) is 1.65. The van der Waals surface area contributed by atoms with Gasteiger partial charge in [-0.15, -0.1) is 0 Å². The maximum atomic E-state index is 13.6. The Bertz CT molecular complexity index is 643. The van der Waals surface area contributed by atoms with Crippen LogP contribution in [-0.2, 0) is 11.2 Å². The standard InChI is InChI=1S/C14H9Br2ClFNO/c15-8-4-5-13(10(16)6-8)19-14(20)7-9-11(17)2-1-3-12(9)18/h1-6H,7H2,(H,19,20). The van der Waals surface area contributed by atoms with Crippen molar-refractivity contribution in [1.82, 2.24) is 0 Å². The van der Waals surface area contributed by atoms with Crippen molar-refractivity contribution in [3.63, 3.8) is 0 Å². The summed E-state index contributed by atoms with van der Waals surface area (Å²) in [6.45, 7) is 0. The van der Waals surface area contributed by atoms with Crippen LogP contribution < -0.4 is 5.32 Å². The zero-order valence-electron chi connectivity index (χ0n) is 10.1. The van der Waals surface area contributed by atoms with Crippen LogP contribution in [-0.4, -0.2) is 5.91 Å². The molecule has 0 fully saturated rings. The molecule has 0 aliphatic heterocycles. The molecular formula is C14H9Br2ClFNO. The SMILES string of the molecule is O=C(Cc1c(F)cccc1Cl)Nc1ccc(Br)cc1Br. The van der Waals surface area contributed by atoms with Crippen LogP contribution in [0.25, 0.3) is 0 Å². The minimum Gasteiger partial charge on any atom is -0.325 e. The summed E-state index contributed by atoms with van der Waals surface area (Å²) in [5.41, 5.74) is 0.811. The van der Waals surface area contributed by atoms with E-state index in [0.29, 0.717) is 5.69 Å².